The minimum Gasteiger partial charge on any atom is -0.351 e. The number of rotatable bonds is 11. The first-order valence-corrected chi connectivity index (χ1v) is 11.9. The van der Waals surface area contributed by atoms with Crippen molar-refractivity contribution in [2.75, 3.05) is 6.54 Å². The summed E-state index contributed by atoms with van der Waals surface area (Å²) in [5.41, 5.74) is 1.99. The Kier molecular flexibility index (Phi) is 10.7. The number of nitrogens with one attached hydrogen (secondary N) is 3. The molecule has 0 aliphatic carbocycles. The zero-order valence-corrected chi connectivity index (χ0v) is 21.3. The molecule has 1 aromatic heterocycles. The number of hydrogen-bond donors (Lipinski definition) is 3. The number of carbonyl (C=O) groups excluding carboxylic acids is 3. The number of benzene rings is 1. The molecule has 1 aromatic carbocycles. The summed E-state index contributed by atoms with van der Waals surface area (Å²) in [6.45, 7) is 8.41. The lowest BCUT2D eigenvalue weighted by atomic mass is 9.93. The highest BCUT2D eigenvalue weighted by atomic mass is 16.2. The van der Waals surface area contributed by atoms with Crippen LogP contribution in [-0.4, -0.2) is 40.3 Å². The van der Waals surface area contributed by atoms with E-state index in [4.69, 9.17) is 0 Å². The van der Waals surface area contributed by atoms with Crippen LogP contribution in [0, 0.1) is 23.7 Å². The molecule has 1 heterocycles. The molecule has 0 unspecified atom stereocenters. The van der Waals surface area contributed by atoms with Gasteiger partial charge in [0.1, 0.15) is 23.4 Å². The summed E-state index contributed by atoms with van der Waals surface area (Å²) in [5.74, 6) is -1.22. The molecule has 0 bridgehead atoms. The van der Waals surface area contributed by atoms with Gasteiger partial charge in [0.15, 0.2) is 0 Å². The van der Waals surface area contributed by atoms with Crippen molar-refractivity contribution in [3.63, 3.8) is 0 Å². The van der Waals surface area contributed by atoms with E-state index >= 15 is 0 Å². The maximum atomic E-state index is 12.9. The molecule has 1 atom stereocenters. The maximum absolute atomic E-state index is 12.9. The lowest BCUT2D eigenvalue weighted by Crippen LogP contribution is -2.46. The number of nitriles is 1. The number of amides is 3. The highest BCUT2D eigenvalue weighted by molar-refractivity contribution is 5.97. The number of aryl methyl sites for hydroxylation is 1. The third-order valence-corrected chi connectivity index (χ3v) is 5.15. The Labute approximate surface area is 212 Å². The Balaban J connectivity index is 1.93. The monoisotopic (exact) mass is 490 g/mol. The van der Waals surface area contributed by atoms with E-state index in [0.29, 0.717) is 32.4 Å². The largest absolute Gasteiger partial charge is 0.351 e. The molecule has 36 heavy (non-hydrogen) atoms. The number of aromatic nitrogens is 2. The van der Waals surface area contributed by atoms with Gasteiger partial charge in [-0.15, -0.1) is 0 Å². The Hall–Kier alpha value is -4.06. The minimum atomic E-state index is -0.781. The average molecular weight is 491 g/mol. The zero-order chi connectivity index (χ0) is 26.6. The van der Waals surface area contributed by atoms with Crippen LogP contribution in [-0.2, 0) is 16.1 Å². The van der Waals surface area contributed by atoms with Crippen molar-refractivity contribution in [2.24, 2.45) is 5.41 Å². The van der Waals surface area contributed by atoms with Gasteiger partial charge < -0.3 is 16.0 Å². The molecule has 9 heteroatoms. The fourth-order valence-electron chi connectivity index (χ4n) is 3.29. The SMILES string of the molecule is Cc1ccc(CNC(=O)[C@H](CCCCNC(=O)C(C#N)=CC(C)(C)C)NC(=O)c2cnccn2)cc1. The molecule has 0 fully saturated rings. The van der Waals surface area contributed by atoms with Crippen molar-refractivity contribution in [2.45, 2.75) is 59.5 Å². The molecular formula is C27H34N6O3. The summed E-state index contributed by atoms with van der Waals surface area (Å²) in [4.78, 5) is 45.6. The highest BCUT2D eigenvalue weighted by Crippen LogP contribution is 2.17. The normalized spacial score (nSPS) is 12.2. The first kappa shape index (κ1) is 28.2. The van der Waals surface area contributed by atoms with Crippen molar-refractivity contribution in [1.29, 1.82) is 5.26 Å². The zero-order valence-electron chi connectivity index (χ0n) is 21.3. The fraction of sp³-hybridized carbons (Fsp3) is 0.407. The van der Waals surface area contributed by atoms with E-state index in [1.807, 2.05) is 58.0 Å². The van der Waals surface area contributed by atoms with Gasteiger partial charge in [0.2, 0.25) is 5.91 Å². The lowest BCUT2D eigenvalue weighted by molar-refractivity contribution is -0.123. The van der Waals surface area contributed by atoms with Crippen LogP contribution < -0.4 is 16.0 Å². The van der Waals surface area contributed by atoms with Gasteiger partial charge in [0.05, 0.1) is 6.20 Å². The topological polar surface area (TPSA) is 137 Å². The van der Waals surface area contributed by atoms with E-state index < -0.39 is 17.9 Å². The van der Waals surface area contributed by atoms with E-state index in [1.54, 1.807) is 6.08 Å². The van der Waals surface area contributed by atoms with Gasteiger partial charge in [-0.2, -0.15) is 5.26 Å². The minimum absolute atomic E-state index is 0.0760. The van der Waals surface area contributed by atoms with Crippen LogP contribution in [0.2, 0.25) is 0 Å². The van der Waals surface area contributed by atoms with Crippen LogP contribution in [0.3, 0.4) is 0 Å². The van der Waals surface area contributed by atoms with Gasteiger partial charge in [0, 0.05) is 25.5 Å². The number of carbonyl (C=O) groups is 3. The molecule has 190 valence electrons. The second-order valence-corrected chi connectivity index (χ2v) is 9.61. The molecule has 0 saturated carbocycles. The van der Waals surface area contributed by atoms with Crippen LogP contribution in [0.1, 0.15) is 61.6 Å². The van der Waals surface area contributed by atoms with Gasteiger partial charge in [0.25, 0.3) is 11.8 Å². The summed E-state index contributed by atoms with van der Waals surface area (Å²) in [6, 6.07) is 8.97. The summed E-state index contributed by atoms with van der Waals surface area (Å²) >= 11 is 0. The van der Waals surface area contributed by atoms with Gasteiger partial charge in [-0.1, -0.05) is 56.7 Å². The van der Waals surface area contributed by atoms with Crippen LogP contribution >= 0.6 is 0 Å². The number of nitrogens with zero attached hydrogens (tertiary/aromatic N) is 3. The van der Waals surface area contributed by atoms with Crippen LogP contribution in [0.15, 0.2) is 54.5 Å². The maximum Gasteiger partial charge on any atom is 0.272 e. The molecule has 0 radical (unpaired) electrons. The average Bonchev–Trinajstić information content (AvgIpc) is 2.85. The Morgan fingerprint density at radius 2 is 1.81 bits per heavy atom. The quantitative estimate of drug-likeness (QED) is 0.252. The molecule has 0 aliphatic heterocycles. The van der Waals surface area contributed by atoms with Gasteiger partial charge in [-0.05, 0) is 37.2 Å². The van der Waals surface area contributed by atoms with Crippen molar-refractivity contribution < 1.29 is 14.4 Å². The molecule has 3 amide bonds. The fourth-order valence-corrected chi connectivity index (χ4v) is 3.29. The molecule has 0 aliphatic rings. The third kappa shape index (κ3) is 10.1. The third-order valence-electron chi connectivity index (χ3n) is 5.15. The molecule has 0 saturated heterocycles. The Morgan fingerprint density at radius 3 is 2.42 bits per heavy atom. The van der Waals surface area contributed by atoms with E-state index in [2.05, 4.69) is 25.9 Å². The van der Waals surface area contributed by atoms with Crippen molar-refractivity contribution in [3.05, 3.63) is 71.3 Å². The van der Waals surface area contributed by atoms with E-state index in [0.717, 1.165) is 11.1 Å². The first-order chi connectivity index (χ1) is 17.1. The summed E-state index contributed by atoms with van der Waals surface area (Å²) in [7, 11) is 0. The Bertz CT molecular complexity index is 1100. The Morgan fingerprint density at radius 1 is 1.08 bits per heavy atom. The van der Waals surface area contributed by atoms with Gasteiger partial charge >= 0.3 is 0 Å². The van der Waals surface area contributed by atoms with Crippen molar-refractivity contribution >= 4 is 17.7 Å². The van der Waals surface area contributed by atoms with Gasteiger partial charge in [-0.25, -0.2) is 4.98 Å². The molecule has 9 nitrogen and oxygen atoms in total. The molecular weight excluding hydrogens is 456 g/mol. The molecule has 2 aromatic rings. The smallest absolute Gasteiger partial charge is 0.272 e. The second-order valence-electron chi connectivity index (χ2n) is 9.61. The number of unbranched alkanes of at least 4 members (excludes halogenated alkanes) is 1. The summed E-state index contributed by atoms with van der Waals surface area (Å²) in [5, 5.41) is 17.6. The summed E-state index contributed by atoms with van der Waals surface area (Å²) < 4.78 is 0. The highest BCUT2D eigenvalue weighted by Gasteiger charge is 2.22. The molecule has 2 rings (SSSR count). The second kappa shape index (κ2) is 13.7. The van der Waals surface area contributed by atoms with Crippen LogP contribution in [0.5, 0.6) is 0 Å². The van der Waals surface area contributed by atoms with E-state index in [-0.39, 0.29) is 22.6 Å². The number of hydrogen-bond acceptors (Lipinski definition) is 6. The van der Waals surface area contributed by atoms with Crippen molar-refractivity contribution in [1.82, 2.24) is 25.9 Å². The van der Waals surface area contributed by atoms with E-state index in [9.17, 15) is 19.6 Å². The molecule has 3 N–H and O–H groups in total. The number of allylic oxidation sites excluding steroid dienone is 1. The van der Waals surface area contributed by atoms with Crippen LogP contribution in [0.25, 0.3) is 0 Å². The predicted octanol–water partition coefficient (Wildman–Crippen LogP) is 2.98. The standard InChI is InChI=1S/C27H34N6O3/c1-19-8-10-20(11-9-19)17-32-25(35)22(33-26(36)23-18-29-13-14-30-23)7-5-6-12-31-24(34)21(16-28)15-27(2,3)4/h8-11,13-15,18,22H,5-7,12,17H2,1-4H3,(H,31,34)(H,32,35)(H,33,36)/t22-/m0/s1. The van der Waals surface area contributed by atoms with Gasteiger partial charge in [-0.3, -0.25) is 19.4 Å². The summed E-state index contributed by atoms with van der Waals surface area (Å²) in [6.07, 6.45) is 7.35. The predicted molar refractivity (Wildman–Crippen MR) is 136 cm³/mol. The van der Waals surface area contributed by atoms with Crippen LogP contribution in [0.4, 0.5) is 0 Å². The van der Waals surface area contributed by atoms with E-state index in [1.165, 1.54) is 18.6 Å². The lowest BCUT2D eigenvalue weighted by Gasteiger charge is -2.18. The van der Waals surface area contributed by atoms with Crippen molar-refractivity contribution in [3.8, 4) is 6.07 Å². The molecule has 0 spiro atoms. The first-order valence-electron chi connectivity index (χ1n) is 11.9.